The highest BCUT2D eigenvalue weighted by Gasteiger charge is 2.23. The van der Waals surface area contributed by atoms with Gasteiger partial charge in [-0.2, -0.15) is 0 Å². The minimum absolute atomic E-state index is 0.0108. The fraction of sp³-hybridized carbons (Fsp3) is 0.684. The quantitative estimate of drug-likeness (QED) is 0.921. The van der Waals surface area contributed by atoms with E-state index >= 15 is 0 Å². The SMILES string of the molecule is CC1CN(c2ccc(C(=O)NCC3CCCCC3)cn2)CC(C)O1. The fourth-order valence-corrected chi connectivity index (χ4v) is 3.80. The lowest BCUT2D eigenvalue weighted by atomic mass is 9.89. The Morgan fingerprint density at radius 2 is 1.92 bits per heavy atom. The molecular weight excluding hydrogens is 302 g/mol. The molecule has 3 rings (SSSR count). The van der Waals surface area contributed by atoms with Crippen molar-refractivity contribution >= 4 is 11.7 Å². The number of hydrogen-bond donors (Lipinski definition) is 1. The summed E-state index contributed by atoms with van der Waals surface area (Å²) in [5.74, 6) is 1.55. The smallest absolute Gasteiger partial charge is 0.252 e. The number of amides is 1. The van der Waals surface area contributed by atoms with Crippen molar-refractivity contribution in [3.8, 4) is 0 Å². The van der Waals surface area contributed by atoms with Gasteiger partial charge in [0.15, 0.2) is 0 Å². The number of nitrogens with zero attached hydrogens (tertiary/aromatic N) is 2. The summed E-state index contributed by atoms with van der Waals surface area (Å²) in [6.07, 6.45) is 8.52. The number of aromatic nitrogens is 1. The van der Waals surface area contributed by atoms with Crippen molar-refractivity contribution in [2.24, 2.45) is 5.92 Å². The summed E-state index contributed by atoms with van der Waals surface area (Å²) < 4.78 is 5.76. The van der Waals surface area contributed by atoms with Crippen LogP contribution in [0.5, 0.6) is 0 Å². The molecule has 5 nitrogen and oxygen atoms in total. The number of anilines is 1. The second-order valence-electron chi connectivity index (χ2n) is 7.28. The minimum atomic E-state index is -0.0108. The molecule has 2 atom stereocenters. The van der Waals surface area contributed by atoms with Crippen LogP contribution in [0.2, 0.25) is 0 Å². The molecule has 5 heteroatoms. The lowest BCUT2D eigenvalue weighted by Crippen LogP contribution is -2.45. The lowest BCUT2D eigenvalue weighted by molar-refractivity contribution is -0.00546. The Morgan fingerprint density at radius 3 is 2.54 bits per heavy atom. The number of carbonyl (C=O) groups is 1. The zero-order chi connectivity index (χ0) is 16.9. The zero-order valence-corrected chi connectivity index (χ0v) is 14.8. The Kier molecular flexibility index (Phi) is 5.72. The van der Waals surface area contributed by atoms with Crippen LogP contribution < -0.4 is 10.2 Å². The zero-order valence-electron chi connectivity index (χ0n) is 14.8. The average Bonchev–Trinajstić information content (AvgIpc) is 2.60. The maximum atomic E-state index is 12.3. The van der Waals surface area contributed by atoms with Crippen LogP contribution in [-0.2, 0) is 4.74 Å². The van der Waals surface area contributed by atoms with Crippen molar-refractivity contribution in [2.45, 2.75) is 58.2 Å². The van der Waals surface area contributed by atoms with Crippen molar-refractivity contribution in [2.75, 3.05) is 24.5 Å². The van der Waals surface area contributed by atoms with E-state index in [1.807, 2.05) is 12.1 Å². The second kappa shape index (κ2) is 7.97. The Labute approximate surface area is 144 Å². The van der Waals surface area contributed by atoms with E-state index in [2.05, 4.69) is 29.0 Å². The first-order valence-electron chi connectivity index (χ1n) is 9.26. The van der Waals surface area contributed by atoms with Crippen LogP contribution in [0.15, 0.2) is 18.3 Å². The minimum Gasteiger partial charge on any atom is -0.372 e. The van der Waals surface area contributed by atoms with Crippen molar-refractivity contribution in [1.29, 1.82) is 0 Å². The summed E-state index contributed by atoms with van der Waals surface area (Å²) >= 11 is 0. The topological polar surface area (TPSA) is 54.5 Å². The monoisotopic (exact) mass is 331 g/mol. The molecule has 1 aliphatic heterocycles. The predicted octanol–water partition coefficient (Wildman–Crippen LogP) is 3.01. The van der Waals surface area contributed by atoms with Gasteiger partial charge >= 0.3 is 0 Å². The molecule has 1 aliphatic carbocycles. The maximum Gasteiger partial charge on any atom is 0.252 e. The summed E-state index contributed by atoms with van der Waals surface area (Å²) in [7, 11) is 0. The van der Waals surface area contributed by atoms with Crippen molar-refractivity contribution in [3.05, 3.63) is 23.9 Å². The highest BCUT2D eigenvalue weighted by molar-refractivity contribution is 5.94. The molecule has 0 radical (unpaired) electrons. The van der Waals surface area contributed by atoms with Crippen LogP contribution in [0.25, 0.3) is 0 Å². The standard InChI is InChI=1S/C19H29N3O2/c1-14-12-22(13-15(2)24-14)18-9-8-17(11-20-18)19(23)21-10-16-6-4-3-5-7-16/h8-9,11,14-16H,3-7,10,12-13H2,1-2H3,(H,21,23). The first kappa shape index (κ1) is 17.2. The highest BCUT2D eigenvalue weighted by atomic mass is 16.5. The predicted molar refractivity (Wildman–Crippen MR) is 95.4 cm³/mol. The molecule has 0 bridgehead atoms. The Bertz CT molecular complexity index is 530. The summed E-state index contributed by atoms with van der Waals surface area (Å²) in [5, 5.41) is 3.07. The fourth-order valence-electron chi connectivity index (χ4n) is 3.80. The average molecular weight is 331 g/mol. The first-order chi connectivity index (χ1) is 11.6. The van der Waals surface area contributed by atoms with Gasteiger partial charge in [-0.3, -0.25) is 4.79 Å². The number of morpholine rings is 1. The Balaban J connectivity index is 1.54. The molecule has 132 valence electrons. The van der Waals surface area contributed by atoms with Gasteiger partial charge in [0.2, 0.25) is 0 Å². The van der Waals surface area contributed by atoms with Gasteiger partial charge < -0.3 is 15.0 Å². The molecular formula is C19H29N3O2. The van der Waals surface area contributed by atoms with Gasteiger partial charge in [-0.05, 0) is 44.7 Å². The van der Waals surface area contributed by atoms with E-state index in [9.17, 15) is 4.79 Å². The first-order valence-corrected chi connectivity index (χ1v) is 9.26. The lowest BCUT2D eigenvalue weighted by Gasteiger charge is -2.36. The third-order valence-electron chi connectivity index (χ3n) is 5.03. The highest BCUT2D eigenvalue weighted by Crippen LogP contribution is 2.23. The Hall–Kier alpha value is -1.62. The number of hydrogen-bond acceptors (Lipinski definition) is 4. The normalized spacial score (nSPS) is 25.5. The molecule has 0 aromatic carbocycles. The van der Waals surface area contributed by atoms with Crippen LogP contribution in [0, 0.1) is 5.92 Å². The summed E-state index contributed by atoms with van der Waals surface area (Å²) in [6, 6.07) is 3.82. The molecule has 1 saturated heterocycles. The van der Waals surface area contributed by atoms with Crippen LogP contribution >= 0.6 is 0 Å². The van der Waals surface area contributed by atoms with E-state index in [0.29, 0.717) is 11.5 Å². The molecule has 1 N–H and O–H groups in total. The van der Waals surface area contributed by atoms with Crippen molar-refractivity contribution < 1.29 is 9.53 Å². The summed E-state index contributed by atoms with van der Waals surface area (Å²) in [4.78, 5) is 19.0. The van der Waals surface area contributed by atoms with Gasteiger partial charge in [0.1, 0.15) is 5.82 Å². The van der Waals surface area contributed by atoms with Crippen molar-refractivity contribution in [1.82, 2.24) is 10.3 Å². The molecule has 2 aliphatic rings. The number of carbonyl (C=O) groups excluding carboxylic acids is 1. The van der Waals surface area contributed by atoms with Gasteiger partial charge in [-0.25, -0.2) is 4.98 Å². The number of pyridine rings is 1. The molecule has 1 aromatic rings. The van der Waals surface area contributed by atoms with Gasteiger partial charge in [0, 0.05) is 25.8 Å². The van der Waals surface area contributed by atoms with Crippen LogP contribution in [0.4, 0.5) is 5.82 Å². The molecule has 0 spiro atoms. The third-order valence-corrected chi connectivity index (χ3v) is 5.03. The van der Waals surface area contributed by atoms with E-state index in [1.165, 1.54) is 32.1 Å². The number of ether oxygens (including phenoxy) is 1. The van der Waals surface area contributed by atoms with E-state index in [1.54, 1.807) is 6.20 Å². The number of nitrogens with one attached hydrogen (secondary N) is 1. The molecule has 1 aromatic heterocycles. The molecule has 2 unspecified atom stereocenters. The van der Waals surface area contributed by atoms with Crippen LogP contribution in [-0.4, -0.2) is 42.7 Å². The second-order valence-corrected chi connectivity index (χ2v) is 7.28. The summed E-state index contributed by atoms with van der Waals surface area (Å²) in [5.41, 5.74) is 0.643. The largest absolute Gasteiger partial charge is 0.372 e. The van der Waals surface area contributed by atoms with E-state index in [4.69, 9.17) is 4.74 Å². The van der Waals surface area contributed by atoms with Gasteiger partial charge in [-0.1, -0.05) is 19.3 Å². The molecule has 1 saturated carbocycles. The number of rotatable bonds is 4. The Morgan fingerprint density at radius 1 is 1.21 bits per heavy atom. The molecule has 2 fully saturated rings. The molecule has 1 amide bonds. The van der Waals surface area contributed by atoms with E-state index < -0.39 is 0 Å². The van der Waals surface area contributed by atoms with Crippen LogP contribution in [0.1, 0.15) is 56.3 Å². The van der Waals surface area contributed by atoms with E-state index in [-0.39, 0.29) is 18.1 Å². The van der Waals surface area contributed by atoms with Gasteiger partial charge in [-0.15, -0.1) is 0 Å². The van der Waals surface area contributed by atoms with Crippen molar-refractivity contribution in [3.63, 3.8) is 0 Å². The molecule has 2 heterocycles. The molecule has 24 heavy (non-hydrogen) atoms. The van der Waals surface area contributed by atoms with E-state index in [0.717, 1.165) is 25.5 Å². The van der Waals surface area contributed by atoms with Gasteiger partial charge in [0.25, 0.3) is 5.91 Å². The summed E-state index contributed by atoms with van der Waals surface area (Å²) in [6.45, 7) is 6.62. The van der Waals surface area contributed by atoms with Crippen LogP contribution in [0.3, 0.4) is 0 Å². The van der Waals surface area contributed by atoms with Gasteiger partial charge in [0.05, 0.1) is 17.8 Å². The maximum absolute atomic E-state index is 12.3. The third kappa shape index (κ3) is 4.47.